The molecule has 0 aromatic rings. The van der Waals surface area contributed by atoms with E-state index < -0.39 is 8.32 Å². The predicted molar refractivity (Wildman–Crippen MR) is 86.3 cm³/mol. The van der Waals surface area contributed by atoms with Crippen LogP contribution in [-0.2, 0) is 4.43 Å². The van der Waals surface area contributed by atoms with E-state index in [-0.39, 0.29) is 15.5 Å². The summed E-state index contributed by atoms with van der Waals surface area (Å²) < 4.78 is 6.16. The minimum atomic E-state index is -1.74. The van der Waals surface area contributed by atoms with Crippen LogP contribution in [0.5, 0.6) is 0 Å². The normalized spacial score (nSPS) is 17.8. The number of amides is 1. The largest absolute Gasteiger partial charge is 0.415 e. The van der Waals surface area contributed by atoms with Crippen molar-refractivity contribution in [3.63, 3.8) is 0 Å². The summed E-state index contributed by atoms with van der Waals surface area (Å²) in [5, 5.41) is 0.419. The third-order valence-electron chi connectivity index (χ3n) is 4.04. The average molecular weight is 302 g/mol. The molecular formula is C14H27NO2SSi. The van der Waals surface area contributed by atoms with E-state index >= 15 is 0 Å². The van der Waals surface area contributed by atoms with Gasteiger partial charge in [-0.1, -0.05) is 38.6 Å². The molecule has 0 aromatic heterocycles. The summed E-state index contributed by atoms with van der Waals surface area (Å²) in [6.45, 7) is 17.3. The standard InChI is InChI=1S/C14H27NO2SSi/c1-7-12(18-13(16)15-9-8-10-15)11-17-19(5,6)14(2,3)4/h7,12H,1,8-11H2,2-6H3/t12-/m1/s1. The number of hydrogen-bond acceptors (Lipinski definition) is 3. The summed E-state index contributed by atoms with van der Waals surface area (Å²) in [5.41, 5.74) is 0. The monoisotopic (exact) mass is 301 g/mol. The molecule has 19 heavy (non-hydrogen) atoms. The van der Waals surface area contributed by atoms with E-state index in [9.17, 15) is 4.79 Å². The van der Waals surface area contributed by atoms with Crippen LogP contribution >= 0.6 is 11.8 Å². The van der Waals surface area contributed by atoms with Crippen molar-refractivity contribution >= 4 is 25.3 Å². The van der Waals surface area contributed by atoms with Crippen LogP contribution in [0.25, 0.3) is 0 Å². The highest BCUT2D eigenvalue weighted by atomic mass is 32.2. The lowest BCUT2D eigenvalue weighted by molar-refractivity contribution is 0.192. The summed E-state index contributed by atoms with van der Waals surface area (Å²) in [6.07, 6.45) is 2.96. The van der Waals surface area contributed by atoms with Crippen LogP contribution in [0, 0.1) is 0 Å². The summed E-state index contributed by atoms with van der Waals surface area (Å²) in [4.78, 5) is 13.8. The van der Waals surface area contributed by atoms with E-state index in [1.807, 2.05) is 11.0 Å². The van der Waals surface area contributed by atoms with Crippen molar-refractivity contribution in [1.82, 2.24) is 4.90 Å². The molecule has 0 aliphatic carbocycles. The molecule has 1 aliphatic rings. The molecular weight excluding hydrogens is 274 g/mol. The molecule has 1 saturated heterocycles. The Bertz CT molecular complexity index is 335. The molecule has 0 spiro atoms. The number of thioether (sulfide) groups is 1. The number of hydrogen-bond donors (Lipinski definition) is 0. The van der Waals surface area contributed by atoms with Gasteiger partial charge in [0.05, 0.1) is 5.25 Å². The quantitative estimate of drug-likeness (QED) is 0.565. The second kappa shape index (κ2) is 6.46. The molecule has 0 aromatic carbocycles. The fourth-order valence-electron chi connectivity index (χ4n) is 1.36. The zero-order valence-corrected chi connectivity index (χ0v) is 14.7. The van der Waals surface area contributed by atoms with E-state index in [0.29, 0.717) is 6.61 Å². The lowest BCUT2D eigenvalue weighted by atomic mass is 10.2. The first kappa shape index (κ1) is 16.8. The molecule has 1 heterocycles. The van der Waals surface area contributed by atoms with Gasteiger partial charge in [-0.2, -0.15) is 0 Å². The van der Waals surface area contributed by atoms with Gasteiger partial charge in [-0.15, -0.1) is 6.58 Å². The average Bonchev–Trinajstić information content (AvgIpc) is 2.19. The highest BCUT2D eigenvalue weighted by molar-refractivity contribution is 8.14. The Kier molecular flexibility index (Phi) is 5.71. The van der Waals surface area contributed by atoms with Gasteiger partial charge in [-0.3, -0.25) is 4.79 Å². The third kappa shape index (κ3) is 4.65. The Morgan fingerprint density at radius 2 is 2.05 bits per heavy atom. The van der Waals surface area contributed by atoms with Gasteiger partial charge < -0.3 is 9.33 Å². The summed E-state index contributed by atoms with van der Waals surface area (Å²) in [7, 11) is -1.74. The van der Waals surface area contributed by atoms with Crippen LogP contribution in [0.15, 0.2) is 12.7 Å². The Balaban J connectivity index is 2.44. The Hall–Kier alpha value is -0.263. The number of likely N-dealkylation sites (tertiary alicyclic amines) is 1. The fraction of sp³-hybridized carbons (Fsp3) is 0.786. The first-order valence-corrected chi connectivity index (χ1v) is 10.7. The smallest absolute Gasteiger partial charge is 0.282 e. The first-order valence-electron chi connectivity index (χ1n) is 6.89. The van der Waals surface area contributed by atoms with Crippen LogP contribution in [0.1, 0.15) is 27.2 Å². The maximum Gasteiger partial charge on any atom is 0.282 e. The Morgan fingerprint density at radius 1 is 1.47 bits per heavy atom. The van der Waals surface area contributed by atoms with E-state index in [1.165, 1.54) is 11.8 Å². The molecule has 0 N–H and O–H groups in total. The SMILES string of the molecule is C=C[C@H](CO[Si](C)(C)C(C)(C)C)SC(=O)N1CCC1. The van der Waals surface area contributed by atoms with Gasteiger partial charge in [-0.05, 0) is 24.6 Å². The molecule has 1 atom stereocenters. The molecule has 0 bridgehead atoms. The summed E-state index contributed by atoms with van der Waals surface area (Å²) >= 11 is 1.35. The lowest BCUT2D eigenvalue weighted by Crippen LogP contribution is -2.43. The number of nitrogens with zero attached hydrogens (tertiary/aromatic N) is 1. The van der Waals surface area contributed by atoms with Gasteiger partial charge in [0.15, 0.2) is 8.32 Å². The minimum Gasteiger partial charge on any atom is -0.415 e. The van der Waals surface area contributed by atoms with E-state index in [0.717, 1.165) is 19.5 Å². The molecule has 1 fully saturated rings. The highest BCUT2D eigenvalue weighted by Gasteiger charge is 2.37. The van der Waals surface area contributed by atoms with Crippen molar-refractivity contribution in [1.29, 1.82) is 0 Å². The Labute approximate surface area is 122 Å². The van der Waals surface area contributed by atoms with Crippen LogP contribution in [0.2, 0.25) is 18.1 Å². The lowest BCUT2D eigenvalue weighted by Gasteiger charge is -2.37. The maximum absolute atomic E-state index is 11.9. The van der Waals surface area contributed by atoms with Crippen LogP contribution in [0.4, 0.5) is 4.79 Å². The van der Waals surface area contributed by atoms with E-state index in [1.54, 1.807) is 0 Å². The van der Waals surface area contributed by atoms with Gasteiger partial charge in [0.1, 0.15) is 0 Å². The van der Waals surface area contributed by atoms with Crippen LogP contribution in [0.3, 0.4) is 0 Å². The zero-order valence-electron chi connectivity index (χ0n) is 12.9. The number of carbonyl (C=O) groups is 1. The van der Waals surface area contributed by atoms with Crippen molar-refractivity contribution in [2.24, 2.45) is 0 Å². The van der Waals surface area contributed by atoms with Gasteiger partial charge in [0.25, 0.3) is 5.24 Å². The summed E-state index contributed by atoms with van der Waals surface area (Å²) in [5.74, 6) is 0. The van der Waals surface area contributed by atoms with Gasteiger partial charge in [0, 0.05) is 19.7 Å². The fourth-order valence-corrected chi connectivity index (χ4v) is 3.33. The van der Waals surface area contributed by atoms with Crippen molar-refractivity contribution in [3.05, 3.63) is 12.7 Å². The van der Waals surface area contributed by atoms with E-state index in [4.69, 9.17) is 4.43 Å². The van der Waals surface area contributed by atoms with E-state index in [2.05, 4.69) is 40.4 Å². The number of rotatable bonds is 5. The van der Waals surface area contributed by atoms with Crippen LogP contribution < -0.4 is 0 Å². The van der Waals surface area contributed by atoms with Gasteiger partial charge >= 0.3 is 0 Å². The minimum absolute atomic E-state index is 0.0576. The third-order valence-corrected chi connectivity index (χ3v) is 9.64. The highest BCUT2D eigenvalue weighted by Crippen LogP contribution is 2.37. The Morgan fingerprint density at radius 3 is 2.42 bits per heavy atom. The molecule has 1 amide bonds. The zero-order chi connectivity index (χ0) is 14.7. The predicted octanol–water partition coefficient (Wildman–Crippen LogP) is 4.12. The van der Waals surface area contributed by atoms with Crippen molar-refractivity contribution in [3.8, 4) is 0 Å². The van der Waals surface area contributed by atoms with Crippen LogP contribution in [-0.4, -0.2) is 43.4 Å². The second-order valence-electron chi connectivity index (χ2n) is 6.57. The molecule has 0 radical (unpaired) electrons. The summed E-state index contributed by atoms with van der Waals surface area (Å²) in [6, 6.07) is 0. The topological polar surface area (TPSA) is 29.5 Å². The first-order chi connectivity index (χ1) is 8.67. The van der Waals surface area contributed by atoms with Crippen molar-refractivity contribution in [2.75, 3.05) is 19.7 Å². The van der Waals surface area contributed by atoms with Gasteiger partial charge in [0.2, 0.25) is 0 Å². The molecule has 3 nitrogen and oxygen atoms in total. The second-order valence-corrected chi connectivity index (χ2v) is 12.6. The molecule has 0 unspecified atom stereocenters. The molecule has 0 saturated carbocycles. The molecule has 1 aliphatic heterocycles. The molecule has 1 rings (SSSR count). The molecule has 110 valence electrons. The molecule has 5 heteroatoms. The van der Waals surface area contributed by atoms with Gasteiger partial charge in [-0.25, -0.2) is 0 Å². The maximum atomic E-state index is 11.9. The van der Waals surface area contributed by atoms with Crippen molar-refractivity contribution in [2.45, 2.75) is 50.6 Å². The van der Waals surface area contributed by atoms with Crippen molar-refractivity contribution < 1.29 is 9.22 Å². The number of carbonyl (C=O) groups excluding carboxylic acids is 1.